The zero-order valence-electron chi connectivity index (χ0n) is 14.9. The van der Waals surface area contributed by atoms with Crippen LogP contribution >= 0.6 is 15.6 Å². The molecular formula is H12K2MgO15P2S2. The van der Waals surface area contributed by atoms with E-state index in [1.165, 1.54) is 0 Å². The number of hydrogen-bond donors (Lipinski definition) is 8. The van der Waals surface area contributed by atoms with Crippen molar-refractivity contribution in [3.63, 3.8) is 0 Å². The Labute approximate surface area is 231 Å². The average molecular weight is 481 g/mol. The molecule has 0 radical (unpaired) electrons. The second kappa shape index (κ2) is 17.2. The maximum absolute atomic E-state index is 9.63. The van der Waals surface area contributed by atoms with Crippen LogP contribution in [0.25, 0.3) is 0 Å². The normalized spacial score (nSPS) is 10.9. The third kappa shape index (κ3) is 127. The van der Waals surface area contributed by atoms with E-state index >= 15 is 0 Å². The van der Waals surface area contributed by atoms with Crippen LogP contribution in [0.3, 0.4) is 0 Å². The zero-order chi connectivity index (χ0) is 16.7. The third-order valence-electron chi connectivity index (χ3n) is 0.213. The number of rotatable bonds is 2. The van der Waals surface area contributed by atoms with Crippen molar-refractivity contribution in [1.82, 2.24) is 0 Å². The van der Waals surface area contributed by atoms with Gasteiger partial charge in [0, 0.05) is 0 Å². The molecular weight excluding hydrogens is 469 g/mol. The first-order chi connectivity index (χ1) is 7.71. The molecule has 0 spiro atoms. The Kier molecular flexibility index (Phi) is 31.7. The van der Waals surface area contributed by atoms with Crippen LogP contribution in [0.15, 0.2) is 0 Å². The molecule has 0 aliphatic heterocycles. The summed E-state index contributed by atoms with van der Waals surface area (Å²) < 4.78 is 85.4. The van der Waals surface area contributed by atoms with E-state index in [-0.39, 0.29) is 132 Å². The van der Waals surface area contributed by atoms with Crippen molar-refractivity contribution in [1.29, 1.82) is 0 Å². The van der Waals surface area contributed by atoms with Gasteiger partial charge in [-0.05, 0) is 0 Å². The van der Waals surface area contributed by atoms with Crippen LogP contribution in [0.4, 0.5) is 0 Å². The van der Waals surface area contributed by atoms with Crippen molar-refractivity contribution >= 4 is 59.5 Å². The summed E-state index contributed by atoms with van der Waals surface area (Å²) in [5, 5.41) is 0. The molecule has 0 saturated heterocycles. The van der Waals surface area contributed by atoms with Crippen LogP contribution in [0.1, 0.15) is 5.71 Å². The zero-order valence-corrected chi connectivity index (χ0v) is 21.9. The first kappa shape index (κ1) is 40.7. The SMILES string of the molecule is O=P(O)(O)OP(=O)(O)O.O=S(=O)(O)O.O=S(=O)(O)O.[H-].[H-].[H-].[H-].[K+].[K+].[Mg+2]. The third-order valence-corrected chi connectivity index (χ3v) is 1.91. The van der Waals surface area contributed by atoms with Crippen LogP contribution in [-0.4, -0.2) is 77.7 Å². The largest absolute Gasteiger partial charge is 2.00 e. The van der Waals surface area contributed by atoms with Crippen LogP contribution < -0.4 is 103 Å². The summed E-state index contributed by atoms with van der Waals surface area (Å²) in [6.07, 6.45) is 0. The van der Waals surface area contributed by atoms with Crippen LogP contribution in [0, 0.1) is 0 Å². The van der Waals surface area contributed by atoms with Crippen molar-refractivity contribution in [3.8, 4) is 0 Å². The topological polar surface area (TPSA) is 273 Å². The van der Waals surface area contributed by atoms with Gasteiger partial charge in [0.1, 0.15) is 0 Å². The second-order valence-corrected chi connectivity index (χ2v) is 6.37. The van der Waals surface area contributed by atoms with Crippen molar-refractivity contribution < 1.29 is 177 Å². The maximum atomic E-state index is 9.63. The maximum Gasteiger partial charge on any atom is 2.00 e. The van der Waals surface area contributed by atoms with E-state index in [4.69, 9.17) is 54.6 Å². The van der Waals surface area contributed by atoms with Crippen molar-refractivity contribution in [3.05, 3.63) is 0 Å². The van der Waals surface area contributed by atoms with Crippen LogP contribution in [0.5, 0.6) is 0 Å². The molecule has 0 bridgehead atoms. The molecule has 0 unspecified atom stereocenters. The van der Waals surface area contributed by atoms with E-state index in [1.807, 2.05) is 0 Å². The predicted molar refractivity (Wildman–Crippen MR) is 63.7 cm³/mol. The quantitative estimate of drug-likeness (QED) is 0.103. The predicted octanol–water partition coefficient (Wildman–Crippen LogP) is -8.04. The molecule has 8 N–H and O–H groups in total. The fourth-order valence-electron chi connectivity index (χ4n) is 0.139. The minimum absolute atomic E-state index is 0. The Hall–Kier alpha value is 4.04. The summed E-state index contributed by atoms with van der Waals surface area (Å²) in [6, 6.07) is 0. The van der Waals surface area contributed by atoms with Crippen molar-refractivity contribution in [2.45, 2.75) is 0 Å². The summed E-state index contributed by atoms with van der Waals surface area (Å²) in [7, 11) is -19.4. The summed E-state index contributed by atoms with van der Waals surface area (Å²) in [6.45, 7) is 0. The van der Waals surface area contributed by atoms with E-state index in [0.29, 0.717) is 0 Å². The van der Waals surface area contributed by atoms with Gasteiger partial charge in [0.15, 0.2) is 0 Å². The van der Waals surface area contributed by atoms with E-state index in [2.05, 4.69) is 4.31 Å². The summed E-state index contributed by atoms with van der Waals surface area (Å²) in [5.41, 5.74) is 0. The summed E-state index contributed by atoms with van der Waals surface area (Å²) in [4.78, 5) is 31.0. The molecule has 0 saturated carbocycles. The van der Waals surface area contributed by atoms with E-state index in [9.17, 15) is 9.13 Å². The van der Waals surface area contributed by atoms with Gasteiger partial charge in [-0.15, -0.1) is 0 Å². The van der Waals surface area contributed by atoms with Crippen LogP contribution in [0.2, 0.25) is 0 Å². The van der Waals surface area contributed by atoms with E-state index < -0.39 is 36.4 Å². The summed E-state index contributed by atoms with van der Waals surface area (Å²) >= 11 is 0. The van der Waals surface area contributed by atoms with Gasteiger partial charge in [0.05, 0.1) is 0 Å². The molecule has 128 valence electrons. The molecule has 0 fully saturated rings. The average Bonchev–Trinajstić information content (AvgIpc) is 1.63. The molecule has 22 heteroatoms. The molecule has 22 heavy (non-hydrogen) atoms. The second-order valence-electron chi connectivity index (χ2n) is 1.96. The van der Waals surface area contributed by atoms with Gasteiger partial charge in [-0.25, -0.2) is 9.13 Å². The molecule has 0 atom stereocenters. The molecule has 0 aromatic rings. The molecule has 0 aromatic heterocycles. The van der Waals surface area contributed by atoms with Gasteiger partial charge >= 0.3 is 162 Å². The van der Waals surface area contributed by atoms with Gasteiger partial charge in [0.2, 0.25) is 0 Å². The Balaban J connectivity index is -0.0000000170. The van der Waals surface area contributed by atoms with Gasteiger partial charge in [-0.1, -0.05) is 0 Å². The van der Waals surface area contributed by atoms with Gasteiger partial charge in [-0.3, -0.25) is 18.2 Å². The standard InChI is InChI=1S/2K.Mg.H4O7P2.2H2O4S.4H/c;;;1-8(2,3)7-9(4,5)6;2*1-5(2,3)4;;;;/h;;;(H2,1,2,3)(H2,4,5,6);2*(H2,1,2,3,4);;;;/q2*+1;+2;;;;4*-1. The van der Waals surface area contributed by atoms with Crippen molar-refractivity contribution in [2.24, 2.45) is 0 Å². The molecule has 0 aliphatic rings. The van der Waals surface area contributed by atoms with Gasteiger partial charge in [-0.2, -0.15) is 21.1 Å². The Morgan fingerprint density at radius 2 is 0.773 bits per heavy atom. The van der Waals surface area contributed by atoms with E-state index in [1.54, 1.807) is 0 Å². The van der Waals surface area contributed by atoms with Gasteiger partial charge < -0.3 is 25.3 Å². The van der Waals surface area contributed by atoms with Crippen molar-refractivity contribution in [2.75, 3.05) is 0 Å². The molecule has 0 rings (SSSR count). The Morgan fingerprint density at radius 1 is 0.682 bits per heavy atom. The molecule has 0 aromatic carbocycles. The molecule has 0 aliphatic carbocycles. The fourth-order valence-corrected chi connectivity index (χ4v) is 1.25. The summed E-state index contributed by atoms with van der Waals surface area (Å²) in [5.74, 6) is 0. The molecule has 0 amide bonds. The molecule has 15 nitrogen and oxygen atoms in total. The first-order valence-electron chi connectivity index (χ1n) is 2.93. The fraction of sp³-hybridized carbons (Fsp3) is 0. The monoisotopic (exact) mass is 480 g/mol. The Bertz CT molecular complexity index is 486. The minimum Gasteiger partial charge on any atom is -1.00 e. The van der Waals surface area contributed by atoms with Gasteiger partial charge in [0.25, 0.3) is 0 Å². The first-order valence-corrected chi connectivity index (χ1v) is 8.78. The molecule has 0 heterocycles. The minimum atomic E-state index is -5.05. The van der Waals surface area contributed by atoms with Crippen LogP contribution in [-0.2, 0) is 34.2 Å². The number of hydrogen-bond acceptors (Lipinski definition) is 7. The van der Waals surface area contributed by atoms with E-state index in [0.717, 1.165) is 0 Å². The Morgan fingerprint density at radius 3 is 0.773 bits per heavy atom. The number of phosphoric acid groups is 2. The smallest absolute Gasteiger partial charge is 1.00 e.